The molecule has 0 radical (unpaired) electrons. The van der Waals surface area contributed by atoms with E-state index in [4.69, 9.17) is 4.74 Å². The average molecular weight is 341 g/mol. The average Bonchev–Trinajstić information content (AvgIpc) is 2.44. The lowest BCUT2D eigenvalue weighted by atomic mass is 10.1. The van der Waals surface area contributed by atoms with Crippen molar-refractivity contribution in [3.63, 3.8) is 0 Å². The smallest absolute Gasteiger partial charge is 0.241 e. The van der Waals surface area contributed by atoms with E-state index in [1.165, 1.54) is 0 Å². The third kappa shape index (κ3) is 4.37. The molecule has 23 heavy (non-hydrogen) atoms. The maximum atomic E-state index is 12.6. The highest BCUT2D eigenvalue weighted by molar-refractivity contribution is 7.89. The molecule has 1 atom stereocenters. The van der Waals surface area contributed by atoms with Crippen LogP contribution in [0.15, 0.2) is 23.1 Å². The lowest BCUT2D eigenvalue weighted by molar-refractivity contribution is 0.408. The van der Waals surface area contributed by atoms with Crippen molar-refractivity contribution in [3.05, 3.63) is 18.2 Å². The second-order valence-electron chi connectivity index (χ2n) is 6.94. The van der Waals surface area contributed by atoms with Gasteiger partial charge in [-0.3, -0.25) is 0 Å². The second-order valence-corrected chi connectivity index (χ2v) is 8.62. The molecule has 1 unspecified atom stereocenters. The number of hydrogen-bond acceptors (Lipinski definition) is 5. The summed E-state index contributed by atoms with van der Waals surface area (Å²) in [6, 6.07) is 5.28. The summed E-state index contributed by atoms with van der Waals surface area (Å²) in [5.41, 5.74) is 0.291. The first-order valence-corrected chi connectivity index (χ1v) is 9.32. The normalized spacial score (nSPS) is 19.7. The molecule has 6 nitrogen and oxygen atoms in total. The number of rotatable bonds is 4. The van der Waals surface area contributed by atoms with Gasteiger partial charge in [-0.05, 0) is 45.9 Å². The van der Waals surface area contributed by atoms with E-state index in [2.05, 4.69) is 21.9 Å². The van der Waals surface area contributed by atoms with E-state index >= 15 is 0 Å². The summed E-state index contributed by atoms with van der Waals surface area (Å²) >= 11 is 0. The van der Waals surface area contributed by atoms with Crippen LogP contribution in [0.2, 0.25) is 0 Å². The highest BCUT2D eigenvalue weighted by Crippen LogP contribution is 2.33. The van der Waals surface area contributed by atoms with Gasteiger partial charge in [-0.25, -0.2) is 13.1 Å². The van der Waals surface area contributed by atoms with Gasteiger partial charge in [0.15, 0.2) is 0 Å². The van der Waals surface area contributed by atoms with E-state index in [1.807, 2.05) is 20.8 Å². The first-order chi connectivity index (χ1) is 10.6. The second kappa shape index (κ2) is 6.67. The molecule has 0 amide bonds. The molecule has 1 aromatic rings. The fourth-order valence-electron chi connectivity index (χ4n) is 2.72. The van der Waals surface area contributed by atoms with Gasteiger partial charge in [0.1, 0.15) is 5.75 Å². The Hall–Kier alpha value is -1.31. The molecule has 2 N–H and O–H groups in total. The molecule has 1 heterocycles. The van der Waals surface area contributed by atoms with Gasteiger partial charge < -0.3 is 15.0 Å². The van der Waals surface area contributed by atoms with Crippen molar-refractivity contribution in [2.75, 3.05) is 31.6 Å². The summed E-state index contributed by atoms with van der Waals surface area (Å²) in [7, 11) is -1.97. The van der Waals surface area contributed by atoms with Crippen molar-refractivity contribution in [2.24, 2.45) is 0 Å². The molecular formula is C16H27N3O3S. The highest BCUT2D eigenvalue weighted by atomic mass is 32.2. The lowest BCUT2D eigenvalue weighted by Gasteiger charge is -2.36. The molecule has 0 saturated carbocycles. The standard InChI is InChI=1S/C16H27N3O3S/c1-12-11-17-8-9-19(12)14-10-13(6-7-15(14)22-5)23(20,21)18-16(2,3)4/h6-7,10,12,17-18H,8-9,11H2,1-5H3. The summed E-state index contributed by atoms with van der Waals surface area (Å²) in [6.07, 6.45) is 0. The minimum Gasteiger partial charge on any atom is -0.495 e. The number of piperazine rings is 1. The molecule has 7 heteroatoms. The summed E-state index contributed by atoms with van der Waals surface area (Å²) < 4.78 is 33.3. The molecule has 1 saturated heterocycles. The van der Waals surface area contributed by atoms with Crippen LogP contribution < -0.4 is 19.7 Å². The molecular weight excluding hydrogens is 314 g/mol. The summed E-state index contributed by atoms with van der Waals surface area (Å²) in [6.45, 7) is 10.1. The van der Waals surface area contributed by atoms with E-state index in [9.17, 15) is 8.42 Å². The largest absolute Gasteiger partial charge is 0.495 e. The predicted octanol–water partition coefficient (Wildman–Crippen LogP) is 1.57. The molecule has 0 aromatic heterocycles. The Morgan fingerprint density at radius 3 is 2.61 bits per heavy atom. The topological polar surface area (TPSA) is 70.7 Å². The van der Waals surface area contributed by atoms with Crippen LogP contribution >= 0.6 is 0 Å². The Balaban J connectivity index is 2.43. The van der Waals surface area contributed by atoms with Gasteiger partial charge in [-0.2, -0.15) is 0 Å². The first kappa shape index (κ1) is 18.0. The molecule has 0 spiro atoms. The molecule has 0 aliphatic carbocycles. The van der Waals surface area contributed by atoms with Crippen LogP contribution in [-0.2, 0) is 10.0 Å². The van der Waals surface area contributed by atoms with Gasteiger partial charge in [0.05, 0.1) is 17.7 Å². The van der Waals surface area contributed by atoms with Crippen molar-refractivity contribution in [2.45, 2.75) is 44.2 Å². The molecule has 0 bridgehead atoms. The van der Waals surface area contributed by atoms with E-state index in [1.54, 1.807) is 25.3 Å². The number of sulfonamides is 1. The number of benzene rings is 1. The minimum absolute atomic E-state index is 0.258. The number of methoxy groups -OCH3 is 1. The number of hydrogen-bond donors (Lipinski definition) is 2. The fourth-order valence-corrected chi connectivity index (χ4v) is 4.16. The third-order valence-corrected chi connectivity index (χ3v) is 5.47. The predicted molar refractivity (Wildman–Crippen MR) is 92.7 cm³/mol. The molecule has 1 aliphatic rings. The SMILES string of the molecule is COc1ccc(S(=O)(=O)NC(C)(C)C)cc1N1CCNCC1C. The van der Waals surface area contributed by atoms with Crippen LogP contribution in [0, 0.1) is 0 Å². The zero-order chi connectivity index (χ0) is 17.3. The maximum Gasteiger partial charge on any atom is 0.241 e. The first-order valence-electron chi connectivity index (χ1n) is 7.83. The molecule has 1 aromatic carbocycles. The molecule has 1 fully saturated rings. The van der Waals surface area contributed by atoms with Crippen LogP contribution in [-0.4, -0.2) is 46.7 Å². The van der Waals surface area contributed by atoms with E-state index in [0.29, 0.717) is 5.75 Å². The molecule has 130 valence electrons. The van der Waals surface area contributed by atoms with Crippen LogP contribution in [0.5, 0.6) is 5.75 Å². The van der Waals surface area contributed by atoms with Crippen molar-refractivity contribution >= 4 is 15.7 Å². The van der Waals surface area contributed by atoms with E-state index < -0.39 is 15.6 Å². The monoisotopic (exact) mass is 341 g/mol. The zero-order valence-corrected chi connectivity index (χ0v) is 15.3. The fraction of sp³-hybridized carbons (Fsp3) is 0.625. The summed E-state index contributed by atoms with van der Waals surface area (Å²) in [5.74, 6) is 0.688. The Labute approximate surface area is 139 Å². The van der Waals surface area contributed by atoms with Crippen molar-refractivity contribution in [1.29, 1.82) is 0 Å². The van der Waals surface area contributed by atoms with E-state index in [-0.39, 0.29) is 10.9 Å². The molecule has 1 aliphatic heterocycles. The molecule has 2 rings (SSSR count). The van der Waals surface area contributed by atoms with Gasteiger partial charge >= 0.3 is 0 Å². The van der Waals surface area contributed by atoms with Gasteiger partial charge in [-0.1, -0.05) is 0 Å². The van der Waals surface area contributed by atoms with Crippen LogP contribution in [0.25, 0.3) is 0 Å². The van der Waals surface area contributed by atoms with Crippen molar-refractivity contribution in [1.82, 2.24) is 10.0 Å². The van der Waals surface area contributed by atoms with Gasteiger partial charge in [-0.15, -0.1) is 0 Å². The number of nitrogens with one attached hydrogen (secondary N) is 2. The Morgan fingerprint density at radius 1 is 1.35 bits per heavy atom. The lowest BCUT2D eigenvalue weighted by Crippen LogP contribution is -2.50. The Kier molecular flexibility index (Phi) is 5.23. The van der Waals surface area contributed by atoms with Gasteiger partial charge in [0.2, 0.25) is 10.0 Å². The highest BCUT2D eigenvalue weighted by Gasteiger charge is 2.26. The summed E-state index contributed by atoms with van der Waals surface area (Å²) in [5, 5.41) is 3.33. The Bertz CT molecular complexity index is 653. The minimum atomic E-state index is -3.57. The number of ether oxygens (including phenoxy) is 1. The van der Waals surface area contributed by atoms with Crippen LogP contribution in [0.4, 0.5) is 5.69 Å². The Morgan fingerprint density at radius 2 is 2.04 bits per heavy atom. The van der Waals surface area contributed by atoms with Gasteiger partial charge in [0, 0.05) is 31.2 Å². The maximum absolute atomic E-state index is 12.6. The number of anilines is 1. The van der Waals surface area contributed by atoms with Crippen LogP contribution in [0.1, 0.15) is 27.7 Å². The van der Waals surface area contributed by atoms with Crippen LogP contribution in [0.3, 0.4) is 0 Å². The van der Waals surface area contributed by atoms with E-state index in [0.717, 1.165) is 25.3 Å². The summed E-state index contributed by atoms with van der Waals surface area (Å²) in [4.78, 5) is 2.44. The zero-order valence-electron chi connectivity index (χ0n) is 14.5. The van der Waals surface area contributed by atoms with Crippen molar-refractivity contribution < 1.29 is 13.2 Å². The quantitative estimate of drug-likeness (QED) is 0.870. The third-order valence-electron chi connectivity index (χ3n) is 3.71. The van der Waals surface area contributed by atoms with Crippen molar-refractivity contribution in [3.8, 4) is 5.75 Å². The van der Waals surface area contributed by atoms with Gasteiger partial charge in [0.25, 0.3) is 0 Å². The number of nitrogens with zero attached hydrogens (tertiary/aromatic N) is 1.